The van der Waals surface area contributed by atoms with Crippen LogP contribution in [0.25, 0.3) is 0 Å². The van der Waals surface area contributed by atoms with Crippen molar-refractivity contribution in [3.05, 3.63) is 74.7 Å². The maximum atomic E-state index is 13.8. The van der Waals surface area contributed by atoms with Crippen molar-refractivity contribution in [2.75, 3.05) is 0 Å². The minimum absolute atomic E-state index is 0.343. The molecule has 0 unspecified atom stereocenters. The van der Waals surface area contributed by atoms with Crippen LogP contribution in [0.2, 0.25) is 0 Å². The van der Waals surface area contributed by atoms with Crippen LogP contribution in [0.5, 0.6) is 0 Å². The van der Waals surface area contributed by atoms with Gasteiger partial charge in [-0.05, 0) is 73.5 Å². The van der Waals surface area contributed by atoms with Crippen molar-refractivity contribution < 1.29 is 8.42 Å². The number of nitrogens with zero attached hydrogens (tertiary/aromatic N) is 2. The van der Waals surface area contributed by atoms with Gasteiger partial charge in [0.1, 0.15) is 0 Å². The standard InChI is InChI=1S/C21H26N2O2S2/c1-15-12-16(2)18(4)21(17(15)3)27(24,25)23(14-20-9-7-11-26-20)13-19-8-6-10-22(19)5/h6-12H,13-14H2,1-5H3. The number of aryl methyl sites for hydroxylation is 3. The minimum Gasteiger partial charge on any atom is -0.353 e. The van der Waals surface area contributed by atoms with Gasteiger partial charge < -0.3 is 4.57 Å². The van der Waals surface area contributed by atoms with E-state index in [4.69, 9.17) is 0 Å². The molecule has 0 aliphatic carbocycles. The summed E-state index contributed by atoms with van der Waals surface area (Å²) in [4.78, 5) is 1.48. The molecule has 0 fully saturated rings. The van der Waals surface area contributed by atoms with E-state index in [0.717, 1.165) is 32.8 Å². The number of benzene rings is 1. The molecule has 0 N–H and O–H groups in total. The van der Waals surface area contributed by atoms with Gasteiger partial charge >= 0.3 is 0 Å². The molecular formula is C21H26N2O2S2. The van der Waals surface area contributed by atoms with Gasteiger partial charge in [0.2, 0.25) is 10.0 Å². The summed E-state index contributed by atoms with van der Waals surface area (Å²) < 4.78 is 31.1. The number of sulfonamides is 1. The van der Waals surface area contributed by atoms with Gasteiger partial charge in [-0.3, -0.25) is 0 Å². The molecule has 2 heterocycles. The lowest BCUT2D eigenvalue weighted by Gasteiger charge is -2.25. The number of aromatic nitrogens is 1. The Morgan fingerprint density at radius 2 is 1.67 bits per heavy atom. The second-order valence-electron chi connectivity index (χ2n) is 7.05. The predicted molar refractivity (Wildman–Crippen MR) is 112 cm³/mol. The number of thiophene rings is 1. The topological polar surface area (TPSA) is 42.3 Å². The quantitative estimate of drug-likeness (QED) is 0.599. The predicted octanol–water partition coefficient (Wildman–Crippen LogP) is 4.71. The highest BCUT2D eigenvalue weighted by Gasteiger charge is 2.30. The molecule has 0 bridgehead atoms. The fourth-order valence-corrected chi connectivity index (χ4v) is 6.11. The Labute approximate surface area is 166 Å². The van der Waals surface area contributed by atoms with Gasteiger partial charge in [-0.25, -0.2) is 8.42 Å². The van der Waals surface area contributed by atoms with Crippen molar-refractivity contribution in [2.45, 2.75) is 45.7 Å². The molecule has 0 radical (unpaired) electrons. The third-order valence-corrected chi connectivity index (χ3v) is 8.12. The SMILES string of the molecule is Cc1cc(C)c(C)c(S(=O)(=O)N(Cc2cccs2)Cc2cccn2C)c1C. The van der Waals surface area contributed by atoms with Crippen LogP contribution in [0.4, 0.5) is 0 Å². The van der Waals surface area contributed by atoms with E-state index >= 15 is 0 Å². The van der Waals surface area contributed by atoms with E-state index in [1.54, 1.807) is 15.6 Å². The van der Waals surface area contributed by atoms with Gasteiger partial charge in [0.25, 0.3) is 0 Å². The van der Waals surface area contributed by atoms with E-state index in [1.165, 1.54) is 0 Å². The van der Waals surface area contributed by atoms with Crippen molar-refractivity contribution in [3.63, 3.8) is 0 Å². The van der Waals surface area contributed by atoms with Crippen LogP contribution in [0.15, 0.2) is 46.8 Å². The van der Waals surface area contributed by atoms with Crippen LogP contribution in [0.1, 0.15) is 32.8 Å². The fourth-order valence-electron chi connectivity index (χ4n) is 3.34. The van der Waals surface area contributed by atoms with Crippen molar-refractivity contribution in [1.29, 1.82) is 0 Å². The monoisotopic (exact) mass is 402 g/mol. The van der Waals surface area contributed by atoms with Crippen LogP contribution in [-0.2, 0) is 30.2 Å². The summed E-state index contributed by atoms with van der Waals surface area (Å²) in [5.41, 5.74) is 4.65. The zero-order valence-corrected chi connectivity index (χ0v) is 18.1. The zero-order valence-electron chi connectivity index (χ0n) is 16.5. The summed E-state index contributed by atoms with van der Waals surface area (Å²) in [5.74, 6) is 0. The van der Waals surface area contributed by atoms with Gasteiger partial charge in [0.15, 0.2) is 0 Å². The fraction of sp³-hybridized carbons (Fsp3) is 0.333. The molecule has 0 atom stereocenters. The summed E-state index contributed by atoms with van der Waals surface area (Å²) in [6, 6.07) is 9.92. The minimum atomic E-state index is -3.65. The molecule has 4 nitrogen and oxygen atoms in total. The van der Waals surface area contributed by atoms with Crippen molar-refractivity contribution in [1.82, 2.24) is 8.87 Å². The first-order valence-electron chi connectivity index (χ1n) is 8.92. The average molecular weight is 403 g/mol. The van der Waals surface area contributed by atoms with Crippen LogP contribution in [0, 0.1) is 27.7 Å². The Balaban J connectivity index is 2.12. The van der Waals surface area contributed by atoms with Gasteiger partial charge in [-0.2, -0.15) is 4.31 Å². The highest BCUT2D eigenvalue weighted by Crippen LogP contribution is 2.31. The average Bonchev–Trinajstić information content (AvgIpc) is 3.25. The molecule has 2 aromatic heterocycles. The Morgan fingerprint density at radius 1 is 1.00 bits per heavy atom. The highest BCUT2D eigenvalue weighted by atomic mass is 32.2. The molecule has 0 saturated carbocycles. The number of hydrogen-bond acceptors (Lipinski definition) is 3. The molecule has 1 aromatic carbocycles. The first-order chi connectivity index (χ1) is 12.7. The largest absolute Gasteiger partial charge is 0.353 e. The van der Waals surface area contributed by atoms with Gasteiger partial charge in [-0.1, -0.05) is 12.1 Å². The normalized spacial score (nSPS) is 12.1. The number of hydrogen-bond donors (Lipinski definition) is 0. The second kappa shape index (κ2) is 7.62. The first-order valence-corrected chi connectivity index (χ1v) is 11.2. The maximum Gasteiger partial charge on any atom is 0.244 e. The number of rotatable bonds is 6. The Morgan fingerprint density at radius 3 is 2.19 bits per heavy atom. The van der Waals surface area contributed by atoms with Crippen molar-refractivity contribution in [2.24, 2.45) is 7.05 Å². The molecule has 0 spiro atoms. The van der Waals surface area contributed by atoms with E-state index in [9.17, 15) is 8.42 Å². The summed E-state index contributed by atoms with van der Waals surface area (Å²) in [6.45, 7) is 8.47. The first kappa shape index (κ1) is 19.9. The van der Waals surface area contributed by atoms with Gasteiger partial charge in [0, 0.05) is 30.4 Å². The summed E-state index contributed by atoms with van der Waals surface area (Å²) in [6.07, 6.45) is 1.94. The summed E-state index contributed by atoms with van der Waals surface area (Å²) >= 11 is 1.58. The third kappa shape index (κ3) is 3.88. The smallest absolute Gasteiger partial charge is 0.244 e. The lowest BCUT2D eigenvalue weighted by molar-refractivity contribution is 0.394. The highest BCUT2D eigenvalue weighted by molar-refractivity contribution is 7.89. The molecule has 0 aliphatic rings. The summed E-state index contributed by atoms with van der Waals surface area (Å²) in [7, 11) is -1.71. The van der Waals surface area contributed by atoms with Crippen LogP contribution in [0.3, 0.4) is 0 Å². The molecule has 6 heteroatoms. The molecule has 0 saturated heterocycles. The van der Waals surface area contributed by atoms with Crippen LogP contribution >= 0.6 is 11.3 Å². The van der Waals surface area contributed by atoms with Crippen LogP contribution < -0.4 is 0 Å². The van der Waals surface area contributed by atoms with E-state index in [0.29, 0.717) is 18.0 Å². The third-order valence-electron chi connectivity index (χ3n) is 5.20. The molecule has 27 heavy (non-hydrogen) atoms. The van der Waals surface area contributed by atoms with Crippen molar-refractivity contribution >= 4 is 21.4 Å². The van der Waals surface area contributed by atoms with E-state index in [-0.39, 0.29) is 0 Å². The molecule has 144 valence electrons. The molecule has 3 rings (SSSR count). The second-order valence-corrected chi connectivity index (χ2v) is 9.96. The Bertz CT molecular complexity index is 1020. The lowest BCUT2D eigenvalue weighted by Crippen LogP contribution is -2.32. The molecule has 3 aromatic rings. The van der Waals surface area contributed by atoms with Crippen molar-refractivity contribution in [3.8, 4) is 0 Å². The Kier molecular flexibility index (Phi) is 5.60. The zero-order chi connectivity index (χ0) is 19.8. The molecule has 0 aliphatic heterocycles. The van der Waals surface area contributed by atoms with Gasteiger partial charge in [-0.15, -0.1) is 11.3 Å². The van der Waals surface area contributed by atoms with E-state index in [2.05, 4.69) is 6.07 Å². The van der Waals surface area contributed by atoms with E-state index < -0.39 is 10.0 Å². The lowest BCUT2D eigenvalue weighted by atomic mass is 10.0. The molecular weight excluding hydrogens is 376 g/mol. The van der Waals surface area contributed by atoms with E-state index in [1.807, 2.05) is 75.2 Å². The summed E-state index contributed by atoms with van der Waals surface area (Å²) in [5, 5.41) is 1.98. The molecule has 0 amide bonds. The maximum absolute atomic E-state index is 13.8. The Hall–Kier alpha value is -1.89. The van der Waals surface area contributed by atoms with Gasteiger partial charge in [0.05, 0.1) is 11.4 Å². The van der Waals surface area contributed by atoms with Crippen LogP contribution in [-0.4, -0.2) is 17.3 Å².